The number of rotatable bonds is 7. The van der Waals surface area contributed by atoms with Crippen molar-refractivity contribution in [3.05, 3.63) is 87.2 Å². The lowest BCUT2D eigenvalue weighted by Crippen LogP contribution is -2.20. The summed E-state index contributed by atoms with van der Waals surface area (Å²) in [7, 11) is 1.50. The third-order valence-corrected chi connectivity index (χ3v) is 6.42. The molecular weight excluding hydrogens is 509 g/mol. The van der Waals surface area contributed by atoms with Gasteiger partial charge in [-0.25, -0.2) is 4.99 Å². The van der Waals surface area contributed by atoms with E-state index in [-0.39, 0.29) is 18.4 Å². The summed E-state index contributed by atoms with van der Waals surface area (Å²) in [6, 6.07) is 19.4. The third kappa shape index (κ3) is 6.36. The summed E-state index contributed by atoms with van der Waals surface area (Å²) in [5, 5.41) is 6.55. The average Bonchev–Trinajstić information content (AvgIpc) is 3.20. The number of benzene rings is 3. The molecule has 10 heteroatoms. The second kappa shape index (κ2) is 11.3. The lowest BCUT2D eigenvalue weighted by molar-refractivity contribution is -0.118. The number of hydrogen-bond donors (Lipinski definition) is 2. The molecule has 1 fully saturated rings. The Morgan fingerprint density at radius 3 is 2.66 bits per heavy atom. The number of carbonyl (C=O) groups is 2. The molecule has 3 aromatic rings. The Bertz CT molecular complexity index is 1330. The van der Waals surface area contributed by atoms with Crippen LogP contribution in [-0.4, -0.2) is 30.7 Å². The number of thioether (sulfide) groups is 1. The highest BCUT2D eigenvalue weighted by molar-refractivity contribution is 8.18. The molecule has 178 valence electrons. The molecule has 0 radical (unpaired) electrons. The number of methoxy groups -OCH3 is 1. The summed E-state index contributed by atoms with van der Waals surface area (Å²) in [6.45, 7) is -0.185. The van der Waals surface area contributed by atoms with Crippen molar-refractivity contribution in [3.63, 3.8) is 0 Å². The molecule has 0 aromatic heterocycles. The molecule has 4 rings (SSSR count). The van der Waals surface area contributed by atoms with Gasteiger partial charge < -0.3 is 20.1 Å². The summed E-state index contributed by atoms with van der Waals surface area (Å²) in [5.41, 5.74) is 1.85. The number of aliphatic imine (C=N–C) groups is 1. The van der Waals surface area contributed by atoms with E-state index >= 15 is 0 Å². The minimum absolute atomic E-state index is 0.185. The van der Waals surface area contributed by atoms with Gasteiger partial charge in [0.2, 0.25) is 0 Å². The minimum atomic E-state index is -0.296. The Morgan fingerprint density at radius 2 is 1.89 bits per heavy atom. The molecule has 3 aromatic carbocycles. The molecule has 0 saturated carbocycles. The van der Waals surface area contributed by atoms with E-state index in [4.69, 9.17) is 32.7 Å². The second-order valence-electron chi connectivity index (χ2n) is 7.17. The van der Waals surface area contributed by atoms with E-state index in [1.54, 1.807) is 54.6 Å². The quantitative estimate of drug-likeness (QED) is 0.372. The Kier molecular flexibility index (Phi) is 7.97. The highest BCUT2D eigenvalue weighted by Crippen LogP contribution is 2.35. The Morgan fingerprint density at radius 1 is 1.09 bits per heavy atom. The number of nitrogens with one attached hydrogen (secondary N) is 2. The maximum absolute atomic E-state index is 12.4. The van der Waals surface area contributed by atoms with E-state index in [1.807, 2.05) is 18.2 Å². The van der Waals surface area contributed by atoms with E-state index in [1.165, 1.54) is 18.9 Å². The topological polar surface area (TPSA) is 89.0 Å². The standard InChI is InChI=1S/C25H19Cl2N3O4S/c1-33-20-12-15(10-11-19(20)34-14-22(31)28-16-6-3-2-4-7-16)13-21-24(32)30-25(35-21)29-18-9-5-8-17(26)23(18)27/h2-13H,14H2,1H3,(H,28,31)(H,29,30,32)/b21-13+. The highest BCUT2D eigenvalue weighted by Gasteiger charge is 2.24. The van der Waals surface area contributed by atoms with Gasteiger partial charge in [0.1, 0.15) is 0 Å². The van der Waals surface area contributed by atoms with Gasteiger partial charge in [-0.1, -0.05) is 53.5 Å². The maximum atomic E-state index is 12.4. The predicted octanol–water partition coefficient (Wildman–Crippen LogP) is 5.91. The number of halogens is 2. The number of para-hydroxylation sites is 1. The third-order valence-electron chi connectivity index (χ3n) is 4.71. The molecule has 2 amide bonds. The Balaban J connectivity index is 1.44. The molecule has 0 aliphatic carbocycles. The fraction of sp³-hybridized carbons (Fsp3) is 0.0800. The van der Waals surface area contributed by atoms with Crippen molar-refractivity contribution in [3.8, 4) is 11.5 Å². The van der Waals surface area contributed by atoms with Crippen LogP contribution in [0.15, 0.2) is 76.6 Å². The van der Waals surface area contributed by atoms with Crippen molar-refractivity contribution in [1.82, 2.24) is 5.32 Å². The summed E-state index contributed by atoms with van der Waals surface area (Å²) < 4.78 is 11.0. The number of ether oxygens (including phenoxy) is 2. The zero-order valence-electron chi connectivity index (χ0n) is 18.4. The molecule has 1 aliphatic rings. The summed E-state index contributed by atoms with van der Waals surface area (Å²) in [4.78, 5) is 29.4. The van der Waals surface area contributed by atoms with E-state index in [0.29, 0.717) is 48.6 Å². The van der Waals surface area contributed by atoms with Gasteiger partial charge in [0.25, 0.3) is 11.8 Å². The summed E-state index contributed by atoms with van der Waals surface area (Å²) in [5.74, 6) is 0.243. The van der Waals surface area contributed by atoms with Crippen LogP contribution in [0.2, 0.25) is 10.0 Å². The van der Waals surface area contributed by atoms with Crippen molar-refractivity contribution in [1.29, 1.82) is 0 Å². The number of amides is 2. The molecule has 2 N–H and O–H groups in total. The van der Waals surface area contributed by atoms with Crippen LogP contribution in [0.25, 0.3) is 6.08 Å². The van der Waals surface area contributed by atoms with Gasteiger partial charge in [-0.05, 0) is 59.8 Å². The number of nitrogens with zero attached hydrogens (tertiary/aromatic N) is 1. The largest absolute Gasteiger partial charge is 0.493 e. The molecule has 0 bridgehead atoms. The molecule has 0 spiro atoms. The van der Waals surface area contributed by atoms with Crippen molar-refractivity contribution < 1.29 is 19.1 Å². The number of anilines is 1. The maximum Gasteiger partial charge on any atom is 0.264 e. The van der Waals surface area contributed by atoms with Crippen LogP contribution in [0.5, 0.6) is 11.5 Å². The molecule has 35 heavy (non-hydrogen) atoms. The van der Waals surface area contributed by atoms with Gasteiger partial charge in [-0.3, -0.25) is 9.59 Å². The van der Waals surface area contributed by atoms with Gasteiger partial charge in [0.15, 0.2) is 23.3 Å². The van der Waals surface area contributed by atoms with Crippen LogP contribution >= 0.6 is 35.0 Å². The average molecular weight is 528 g/mol. The summed E-state index contributed by atoms with van der Waals surface area (Å²) in [6.07, 6.45) is 1.70. The lowest BCUT2D eigenvalue weighted by atomic mass is 10.2. The second-order valence-corrected chi connectivity index (χ2v) is 8.98. The zero-order chi connectivity index (χ0) is 24.8. The molecule has 0 atom stereocenters. The Labute approximate surface area is 216 Å². The minimum Gasteiger partial charge on any atom is -0.493 e. The fourth-order valence-corrected chi connectivity index (χ4v) is 4.25. The first-order chi connectivity index (χ1) is 16.9. The molecular formula is C25H19Cl2N3O4S. The van der Waals surface area contributed by atoms with Gasteiger partial charge in [0.05, 0.1) is 27.7 Å². The van der Waals surface area contributed by atoms with Crippen molar-refractivity contribution in [2.45, 2.75) is 0 Å². The van der Waals surface area contributed by atoms with Crippen LogP contribution in [0, 0.1) is 0 Å². The fourth-order valence-electron chi connectivity index (χ4n) is 3.08. The molecule has 1 heterocycles. The monoisotopic (exact) mass is 527 g/mol. The normalized spacial score (nSPS) is 15.2. The first-order valence-electron chi connectivity index (χ1n) is 10.3. The summed E-state index contributed by atoms with van der Waals surface area (Å²) >= 11 is 13.4. The predicted molar refractivity (Wildman–Crippen MR) is 141 cm³/mol. The molecule has 1 aliphatic heterocycles. The first kappa shape index (κ1) is 24.7. The van der Waals surface area contributed by atoms with Crippen molar-refractivity contribution >= 4 is 69.4 Å². The van der Waals surface area contributed by atoms with Crippen LogP contribution in [0.3, 0.4) is 0 Å². The smallest absolute Gasteiger partial charge is 0.264 e. The van der Waals surface area contributed by atoms with E-state index < -0.39 is 0 Å². The van der Waals surface area contributed by atoms with Gasteiger partial charge >= 0.3 is 0 Å². The van der Waals surface area contributed by atoms with Crippen LogP contribution in [0.4, 0.5) is 11.4 Å². The molecule has 1 saturated heterocycles. The lowest BCUT2D eigenvalue weighted by Gasteiger charge is -2.11. The van der Waals surface area contributed by atoms with Crippen molar-refractivity contribution in [2.75, 3.05) is 19.0 Å². The van der Waals surface area contributed by atoms with Crippen LogP contribution in [-0.2, 0) is 9.59 Å². The number of hydrogen-bond acceptors (Lipinski definition) is 6. The van der Waals surface area contributed by atoms with Gasteiger partial charge in [-0.15, -0.1) is 0 Å². The first-order valence-corrected chi connectivity index (χ1v) is 11.9. The molecule has 0 unspecified atom stereocenters. The molecule has 7 nitrogen and oxygen atoms in total. The number of carbonyl (C=O) groups excluding carboxylic acids is 2. The highest BCUT2D eigenvalue weighted by atomic mass is 35.5. The SMILES string of the molecule is COc1cc(/C=C2/SC(=Nc3cccc(Cl)c3Cl)NC2=O)ccc1OCC(=O)Nc1ccccc1. The van der Waals surface area contributed by atoms with Gasteiger partial charge in [0, 0.05) is 5.69 Å². The van der Waals surface area contributed by atoms with E-state index in [2.05, 4.69) is 15.6 Å². The van der Waals surface area contributed by atoms with Crippen molar-refractivity contribution in [2.24, 2.45) is 4.99 Å². The van der Waals surface area contributed by atoms with Crippen LogP contribution in [0.1, 0.15) is 5.56 Å². The zero-order valence-corrected chi connectivity index (χ0v) is 20.7. The van der Waals surface area contributed by atoms with E-state index in [0.717, 1.165) is 0 Å². The number of amidine groups is 1. The van der Waals surface area contributed by atoms with Gasteiger partial charge in [-0.2, -0.15) is 0 Å². The van der Waals surface area contributed by atoms with Crippen LogP contribution < -0.4 is 20.1 Å². The Hall–Kier alpha value is -3.46. The van der Waals surface area contributed by atoms with E-state index in [9.17, 15) is 9.59 Å².